The second-order valence-electron chi connectivity index (χ2n) is 7.11. The molecule has 2 N–H and O–H groups in total. The van der Waals surface area contributed by atoms with Crippen LogP contribution < -0.4 is 10.6 Å². The molecule has 0 aromatic rings. The second kappa shape index (κ2) is 12.3. The van der Waals surface area contributed by atoms with Gasteiger partial charge in [0.25, 0.3) is 0 Å². The van der Waals surface area contributed by atoms with Crippen molar-refractivity contribution in [3.05, 3.63) is 0 Å². The smallest absolute Gasteiger partial charge is 0.191 e. The van der Waals surface area contributed by atoms with Gasteiger partial charge in [-0.2, -0.15) is 0 Å². The zero-order chi connectivity index (χ0) is 16.5. The van der Waals surface area contributed by atoms with Crippen LogP contribution in [0.2, 0.25) is 0 Å². The van der Waals surface area contributed by atoms with Crippen LogP contribution in [0.5, 0.6) is 0 Å². The van der Waals surface area contributed by atoms with Gasteiger partial charge in [-0.25, -0.2) is 0 Å². The lowest BCUT2D eigenvalue weighted by Crippen LogP contribution is -2.45. The molecule has 0 saturated heterocycles. The standard InChI is InChI=1S/C18H36N4O.HI/c1-15(22(3)16-10-11-16)14-21-18(19-2)20-12-7-13-23-17-8-5-4-6-9-17;/h15-17H,4-14H2,1-3H3,(H2,19,20,21);1H. The van der Waals surface area contributed by atoms with E-state index in [0.717, 1.165) is 38.1 Å². The van der Waals surface area contributed by atoms with Crippen LogP contribution in [-0.2, 0) is 4.74 Å². The maximum absolute atomic E-state index is 5.95. The Morgan fingerprint density at radius 1 is 1.17 bits per heavy atom. The molecule has 2 saturated carbocycles. The van der Waals surface area contributed by atoms with Gasteiger partial charge in [0.2, 0.25) is 0 Å². The summed E-state index contributed by atoms with van der Waals surface area (Å²) in [5.74, 6) is 0.902. The fourth-order valence-electron chi connectivity index (χ4n) is 3.21. The molecule has 0 spiro atoms. The Balaban J connectivity index is 0.00000288. The molecule has 5 nitrogen and oxygen atoms in total. The maximum Gasteiger partial charge on any atom is 0.191 e. The number of nitrogens with zero attached hydrogens (tertiary/aromatic N) is 2. The predicted octanol–water partition coefficient (Wildman–Crippen LogP) is 2.99. The summed E-state index contributed by atoms with van der Waals surface area (Å²) in [6, 6.07) is 1.34. The number of hydrogen-bond donors (Lipinski definition) is 2. The van der Waals surface area contributed by atoms with Gasteiger partial charge in [0.05, 0.1) is 6.10 Å². The Hall–Kier alpha value is -0.0800. The highest BCUT2D eigenvalue weighted by Crippen LogP contribution is 2.26. The predicted molar refractivity (Wildman–Crippen MR) is 112 cm³/mol. The molecule has 1 unspecified atom stereocenters. The molecule has 0 bridgehead atoms. The minimum absolute atomic E-state index is 0. The molecule has 0 radical (unpaired) electrons. The summed E-state index contributed by atoms with van der Waals surface area (Å²) in [5.41, 5.74) is 0. The Morgan fingerprint density at radius 3 is 2.50 bits per heavy atom. The Bertz CT molecular complexity index is 357. The second-order valence-corrected chi connectivity index (χ2v) is 7.11. The lowest BCUT2D eigenvalue weighted by Gasteiger charge is -2.25. The van der Waals surface area contributed by atoms with Crippen molar-refractivity contribution in [1.29, 1.82) is 0 Å². The Labute approximate surface area is 165 Å². The van der Waals surface area contributed by atoms with Gasteiger partial charge in [-0.1, -0.05) is 19.3 Å². The lowest BCUT2D eigenvalue weighted by atomic mass is 9.98. The van der Waals surface area contributed by atoms with E-state index in [2.05, 4.69) is 34.5 Å². The Kier molecular flexibility index (Phi) is 11.3. The van der Waals surface area contributed by atoms with Crippen LogP contribution in [-0.4, -0.2) is 62.8 Å². The fourth-order valence-corrected chi connectivity index (χ4v) is 3.21. The van der Waals surface area contributed by atoms with Crippen LogP contribution >= 0.6 is 24.0 Å². The first-order valence-electron chi connectivity index (χ1n) is 9.48. The number of hydrogen-bond acceptors (Lipinski definition) is 3. The van der Waals surface area contributed by atoms with Crippen molar-refractivity contribution in [1.82, 2.24) is 15.5 Å². The summed E-state index contributed by atoms with van der Waals surface area (Å²) in [5, 5.41) is 6.82. The summed E-state index contributed by atoms with van der Waals surface area (Å²) < 4.78 is 5.95. The van der Waals surface area contributed by atoms with Crippen molar-refractivity contribution < 1.29 is 4.74 Å². The Morgan fingerprint density at radius 2 is 1.88 bits per heavy atom. The van der Waals surface area contributed by atoms with Gasteiger partial charge in [-0.3, -0.25) is 9.89 Å². The molecule has 0 amide bonds. The normalized spacial score (nSPS) is 20.6. The number of rotatable bonds is 9. The molecule has 2 aliphatic carbocycles. The van der Waals surface area contributed by atoms with E-state index in [4.69, 9.17) is 4.74 Å². The molecule has 0 aromatic heterocycles. The van der Waals surface area contributed by atoms with Crippen molar-refractivity contribution in [2.75, 3.05) is 33.8 Å². The number of halogens is 1. The topological polar surface area (TPSA) is 48.9 Å². The molecule has 0 heterocycles. The largest absolute Gasteiger partial charge is 0.378 e. The van der Waals surface area contributed by atoms with Crippen LogP contribution in [0.25, 0.3) is 0 Å². The van der Waals surface area contributed by atoms with Crippen molar-refractivity contribution in [2.24, 2.45) is 4.99 Å². The van der Waals surface area contributed by atoms with Gasteiger partial charge < -0.3 is 15.4 Å². The molecule has 1 atom stereocenters. The molecular weight excluding hydrogens is 415 g/mol. The average Bonchev–Trinajstić information content (AvgIpc) is 3.42. The first-order chi connectivity index (χ1) is 11.2. The van der Waals surface area contributed by atoms with Crippen molar-refractivity contribution in [2.45, 2.75) is 76.5 Å². The van der Waals surface area contributed by atoms with Gasteiger partial charge in [-0.15, -0.1) is 24.0 Å². The lowest BCUT2D eigenvalue weighted by molar-refractivity contribution is 0.0277. The molecule has 142 valence electrons. The number of likely N-dealkylation sites (N-methyl/N-ethyl adjacent to an activating group) is 1. The maximum atomic E-state index is 5.95. The highest BCUT2D eigenvalue weighted by molar-refractivity contribution is 14.0. The van der Waals surface area contributed by atoms with Gasteiger partial charge in [0.1, 0.15) is 0 Å². The summed E-state index contributed by atoms with van der Waals surface area (Å²) in [6.45, 7) is 4.98. The number of nitrogens with one attached hydrogen (secondary N) is 2. The first-order valence-corrected chi connectivity index (χ1v) is 9.48. The summed E-state index contributed by atoms with van der Waals surface area (Å²) in [4.78, 5) is 6.77. The van der Waals surface area contributed by atoms with Crippen LogP contribution in [0.3, 0.4) is 0 Å². The monoisotopic (exact) mass is 452 g/mol. The van der Waals surface area contributed by atoms with Crippen molar-refractivity contribution in [3.63, 3.8) is 0 Å². The van der Waals surface area contributed by atoms with Crippen LogP contribution in [0.4, 0.5) is 0 Å². The first kappa shape index (κ1) is 22.0. The van der Waals surface area contributed by atoms with Gasteiger partial charge in [0, 0.05) is 38.8 Å². The number of guanidine groups is 1. The SMILES string of the molecule is CN=C(NCCCOC1CCCCC1)NCC(C)N(C)C1CC1.I. The summed E-state index contributed by atoms with van der Waals surface area (Å²) in [6.07, 6.45) is 10.8. The zero-order valence-electron chi connectivity index (χ0n) is 15.7. The zero-order valence-corrected chi connectivity index (χ0v) is 18.1. The van der Waals surface area contributed by atoms with E-state index in [1.807, 2.05) is 7.05 Å². The molecule has 0 aliphatic heterocycles. The molecule has 2 fully saturated rings. The van der Waals surface area contributed by atoms with Crippen LogP contribution in [0.1, 0.15) is 58.3 Å². The minimum Gasteiger partial charge on any atom is -0.378 e. The van der Waals surface area contributed by atoms with E-state index < -0.39 is 0 Å². The van der Waals surface area contributed by atoms with Gasteiger partial charge in [0.15, 0.2) is 5.96 Å². The summed E-state index contributed by atoms with van der Waals surface area (Å²) in [7, 11) is 4.06. The van der Waals surface area contributed by atoms with E-state index in [1.54, 1.807) is 0 Å². The third kappa shape index (κ3) is 8.34. The molecule has 24 heavy (non-hydrogen) atoms. The van der Waals surface area contributed by atoms with Crippen molar-refractivity contribution in [3.8, 4) is 0 Å². The summed E-state index contributed by atoms with van der Waals surface area (Å²) >= 11 is 0. The molecular formula is C18H37IN4O. The highest BCUT2D eigenvalue weighted by Gasteiger charge is 2.28. The van der Waals surface area contributed by atoms with E-state index in [-0.39, 0.29) is 24.0 Å². The highest BCUT2D eigenvalue weighted by atomic mass is 127. The molecule has 6 heteroatoms. The van der Waals surface area contributed by atoms with E-state index in [1.165, 1.54) is 44.9 Å². The third-order valence-electron chi connectivity index (χ3n) is 5.13. The third-order valence-corrected chi connectivity index (χ3v) is 5.13. The number of ether oxygens (including phenoxy) is 1. The van der Waals surface area contributed by atoms with E-state index in [0.29, 0.717) is 12.1 Å². The van der Waals surface area contributed by atoms with Gasteiger partial charge in [-0.05, 0) is 46.1 Å². The average molecular weight is 452 g/mol. The molecule has 2 rings (SSSR count). The molecule has 2 aliphatic rings. The molecule has 0 aromatic carbocycles. The quantitative estimate of drug-likeness (QED) is 0.245. The minimum atomic E-state index is 0. The fraction of sp³-hybridized carbons (Fsp3) is 0.944. The van der Waals surface area contributed by atoms with Crippen LogP contribution in [0, 0.1) is 0 Å². The van der Waals surface area contributed by atoms with Gasteiger partial charge >= 0.3 is 0 Å². The van der Waals surface area contributed by atoms with Crippen molar-refractivity contribution >= 4 is 29.9 Å². The van der Waals surface area contributed by atoms with Crippen LogP contribution in [0.15, 0.2) is 4.99 Å². The van der Waals surface area contributed by atoms with E-state index in [9.17, 15) is 0 Å². The number of aliphatic imine (C=N–C) groups is 1. The van der Waals surface area contributed by atoms with E-state index >= 15 is 0 Å².